The minimum Gasteiger partial charge on any atom is -0.497 e. The Morgan fingerprint density at radius 1 is 1.41 bits per heavy atom. The average Bonchev–Trinajstić information content (AvgIpc) is 2.48. The molecule has 0 aromatic heterocycles. The molecule has 1 unspecified atom stereocenters. The van der Waals surface area contributed by atoms with Crippen molar-refractivity contribution in [3.05, 3.63) is 29.3 Å². The number of methoxy groups -OCH3 is 1. The third kappa shape index (κ3) is 2.99. The first-order chi connectivity index (χ1) is 8.19. The first-order valence-corrected chi connectivity index (χ1v) is 6.12. The Kier molecular flexibility index (Phi) is 3.67. The maximum absolute atomic E-state index is 11.1. The number of carbonyl (C=O) groups excluding carboxylic acids is 1. The second kappa shape index (κ2) is 5.21. The molecule has 0 bridgehead atoms. The number of fused-ring (bicyclic) bond motifs is 1. The average molecular weight is 233 g/mol. The fraction of sp³-hybridized carbons (Fsp3) is 0.500. The summed E-state index contributed by atoms with van der Waals surface area (Å²) in [4.78, 5) is 11.1. The second-order valence-corrected chi connectivity index (χ2v) is 4.63. The lowest BCUT2D eigenvalue weighted by Crippen LogP contribution is -2.34. The number of carbonyl (C=O) groups is 1. The molecule has 1 N–H and O–H groups in total. The Hall–Kier alpha value is -1.51. The molecule has 2 rings (SSSR count). The van der Waals surface area contributed by atoms with E-state index in [4.69, 9.17) is 4.74 Å². The highest BCUT2D eigenvalue weighted by atomic mass is 16.5. The van der Waals surface area contributed by atoms with Crippen molar-refractivity contribution in [3.63, 3.8) is 0 Å². The van der Waals surface area contributed by atoms with Crippen molar-refractivity contribution in [3.8, 4) is 5.75 Å². The van der Waals surface area contributed by atoms with Crippen LogP contribution in [0.3, 0.4) is 0 Å². The van der Waals surface area contributed by atoms with Gasteiger partial charge in [0.25, 0.3) is 0 Å². The van der Waals surface area contributed by atoms with E-state index in [1.54, 1.807) is 14.0 Å². The highest BCUT2D eigenvalue weighted by molar-refractivity contribution is 5.73. The molecule has 1 aromatic carbocycles. The summed E-state index contributed by atoms with van der Waals surface area (Å²) in [5.41, 5.74) is 2.69. The molecule has 1 aromatic rings. The van der Waals surface area contributed by atoms with Gasteiger partial charge in [-0.15, -0.1) is 0 Å². The van der Waals surface area contributed by atoms with E-state index in [-0.39, 0.29) is 11.9 Å². The summed E-state index contributed by atoms with van der Waals surface area (Å²) in [5.74, 6) is 0.952. The fourth-order valence-electron chi connectivity index (χ4n) is 2.48. The Morgan fingerprint density at radius 2 is 2.24 bits per heavy atom. The standard InChI is InChI=1S/C14H19NO2/c1-10(16)15-13-5-3-4-11-6-7-14(17-2)9-12(11)8-13/h6-7,9,13H,3-5,8H2,1-2H3,(H,15,16). The van der Waals surface area contributed by atoms with Crippen LogP contribution in [-0.4, -0.2) is 19.1 Å². The van der Waals surface area contributed by atoms with Gasteiger partial charge in [0.05, 0.1) is 7.11 Å². The number of nitrogens with one attached hydrogen (secondary N) is 1. The molecule has 92 valence electrons. The molecule has 0 fully saturated rings. The summed E-state index contributed by atoms with van der Waals surface area (Å²) in [7, 11) is 1.68. The molecule has 0 aliphatic heterocycles. The molecule has 0 spiro atoms. The minimum absolute atomic E-state index is 0.0568. The maximum Gasteiger partial charge on any atom is 0.217 e. The van der Waals surface area contributed by atoms with Crippen molar-refractivity contribution >= 4 is 5.91 Å². The van der Waals surface area contributed by atoms with Crippen molar-refractivity contribution < 1.29 is 9.53 Å². The number of rotatable bonds is 2. The van der Waals surface area contributed by atoms with E-state index < -0.39 is 0 Å². The number of hydrogen-bond acceptors (Lipinski definition) is 2. The van der Waals surface area contributed by atoms with Gasteiger partial charge in [-0.1, -0.05) is 6.07 Å². The van der Waals surface area contributed by atoms with Crippen molar-refractivity contribution in [1.29, 1.82) is 0 Å². The zero-order valence-electron chi connectivity index (χ0n) is 10.5. The maximum atomic E-state index is 11.1. The smallest absolute Gasteiger partial charge is 0.217 e. The predicted octanol–water partition coefficient (Wildman–Crippen LogP) is 2.08. The summed E-state index contributed by atoms with van der Waals surface area (Å²) >= 11 is 0. The van der Waals surface area contributed by atoms with E-state index in [0.717, 1.165) is 31.4 Å². The van der Waals surface area contributed by atoms with Gasteiger partial charge >= 0.3 is 0 Å². The number of amides is 1. The molecule has 0 saturated carbocycles. The van der Waals surface area contributed by atoms with Crippen molar-refractivity contribution in [1.82, 2.24) is 5.32 Å². The van der Waals surface area contributed by atoms with Gasteiger partial charge in [-0.05, 0) is 48.9 Å². The van der Waals surface area contributed by atoms with Gasteiger partial charge in [0.2, 0.25) is 5.91 Å². The van der Waals surface area contributed by atoms with Crippen LogP contribution in [0, 0.1) is 0 Å². The lowest BCUT2D eigenvalue weighted by Gasteiger charge is -2.16. The van der Waals surface area contributed by atoms with Crippen molar-refractivity contribution in [2.45, 2.75) is 38.6 Å². The number of aryl methyl sites for hydroxylation is 1. The highest BCUT2D eigenvalue weighted by Crippen LogP contribution is 2.24. The normalized spacial score (nSPS) is 19.1. The summed E-state index contributed by atoms with van der Waals surface area (Å²) in [6.45, 7) is 1.58. The quantitative estimate of drug-likeness (QED) is 0.794. The Balaban J connectivity index is 2.19. The Labute approximate surface area is 102 Å². The topological polar surface area (TPSA) is 38.3 Å². The molecule has 3 heteroatoms. The van der Waals surface area contributed by atoms with E-state index in [1.165, 1.54) is 11.1 Å². The van der Waals surface area contributed by atoms with Gasteiger partial charge in [-0.2, -0.15) is 0 Å². The minimum atomic E-state index is 0.0568. The SMILES string of the molecule is COc1ccc2c(c1)CC(NC(C)=O)CCC2. The van der Waals surface area contributed by atoms with Crippen LogP contribution in [0.2, 0.25) is 0 Å². The van der Waals surface area contributed by atoms with E-state index >= 15 is 0 Å². The first-order valence-electron chi connectivity index (χ1n) is 6.12. The first kappa shape index (κ1) is 12.0. The van der Waals surface area contributed by atoms with Crippen LogP contribution < -0.4 is 10.1 Å². The van der Waals surface area contributed by atoms with Gasteiger partial charge in [-0.3, -0.25) is 4.79 Å². The summed E-state index contributed by atoms with van der Waals surface area (Å²) < 4.78 is 5.25. The van der Waals surface area contributed by atoms with Gasteiger partial charge in [0.1, 0.15) is 5.75 Å². The van der Waals surface area contributed by atoms with E-state index in [1.807, 2.05) is 6.07 Å². The molecule has 0 saturated heterocycles. The van der Waals surface area contributed by atoms with Crippen LogP contribution >= 0.6 is 0 Å². The van der Waals surface area contributed by atoms with Crippen LogP contribution in [0.1, 0.15) is 30.9 Å². The van der Waals surface area contributed by atoms with Crippen LogP contribution in [0.15, 0.2) is 18.2 Å². The number of benzene rings is 1. The lowest BCUT2D eigenvalue weighted by molar-refractivity contribution is -0.119. The number of ether oxygens (including phenoxy) is 1. The molecule has 1 aliphatic rings. The van der Waals surface area contributed by atoms with Gasteiger partial charge < -0.3 is 10.1 Å². The van der Waals surface area contributed by atoms with Crippen LogP contribution in [0.4, 0.5) is 0 Å². The number of hydrogen-bond donors (Lipinski definition) is 1. The molecular formula is C14H19NO2. The summed E-state index contributed by atoms with van der Waals surface area (Å²) in [6.07, 6.45) is 4.18. The second-order valence-electron chi connectivity index (χ2n) is 4.63. The lowest BCUT2D eigenvalue weighted by atomic mass is 10.0. The van der Waals surface area contributed by atoms with Gasteiger partial charge in [0.15, 0.2) is 0 Å². The largest absolute Gasteiger partial charge is 0.497 e. The fourth-order valence-corrected chi connectivity index (χ4v) is 2.48. The third-order valence-electron chi connectivity index (χ3n) is 3.29. The third-order valence-corrected chi connectivity index (χ3v) is 3.29. The molecule has 0 radical (unpaired) electrons. The molecule has 1 aliphatic carbocycles. The molecule has 0 heterocycles. The van der Waals surface area contributed by atoms with Gasteiger partial charge in [0, 0.05) is 13.0 Å². The van der Waals surface area contributed by atoms with E-state index in [0.29, 0.717) is 0 Å². The summed E-state index contributed by atoms with van der Waals surface area (Å²) in [5, 5.41) is 3.02. The van der Waals surface area contributed by atoms with Crippen LogP contribution in [-0.2, 0) is 17.6 Å². The molecule has 17 heavy (non-hydrogen) atoms. The van der Waals surface area contributed by atoms with Crippen molar-refractivity contribution in [2.24, 2.45) is 0 Å². The Bertz CT molecular complexity index is 415. The predicted molar refractivity (Wildman–Crippen MR) is 67.2 cm³/mol. The molecule has 1 amide bonds. The van der Waals surface area contributed by atoms with Crippen molar-refractivity contribution in [2.75, 3.05) is 7.11 Å². The Morgan fingerprint density at radius 3 is 2.94 bits per heavy atom. The van der Waals surface area contributed by atoms with Crippen LogP contribution in [0.5, 0.6) is 5.75 Å². The molecular weight excluding hydrogens is 214 g/mol. The highest BCUT2D eigenvalue weighted by Gasteiger charge is 2.17. The van der Waals surface area contributed by atoms with Gasteiger partial charge in [-0.25, -0.2) is 0 Å². The zero-order valence-corrected chi connectivity index (χ0v) is 10.5. The monoisotopic (exact) mass is 233 g/mol. The van der Waals surface area contributed by atoms with E-state index in [2.05, 4.69) is 17.4 Å². The molecule has 1 atom stereocenters. The molecule has 3 nitrogen and oxygen atoms in total. The summed E-state index contributed by atoms with van der Waals surface area (Å²) in [6, 6.07) is 6.51. The van der Waals surface area contributed by atoms with Crippen LogP contribution in [0.25, 0.3) is 0 Å². The zero-order chi connectivity index (χ0) is 12.3. The van der Waals surface area contributed by atoms with E-state index in [9.17, 15) is 4.79 Å².